The minimum absolute atomic E-state index is 0.0420. The highest BCUT2D eigenvalue weighted by Crippen LogP contribution is 2.53. The molecule has 3 N–H and O–H groups in total. The molecule has 3 aromatic rings. The SMILES string of the molecule is O=S(=O)(O)C(c1ccc(Cl)cc1O)(c1ccccc1Cl)c1c(Cl)cc(O)cc1Cl. The van der Waals surface area contributed by atoms with Crippen molar-refractivity contribution in [1.82, 2.24) is 0 Å². The standard InChI is InChI=1S/C19H12Cl4O5S/c20-10-5-6-13(17(25)7-10)19(29(26,27)28,12-3-1-2-4-14(12)21)18-15(22)8-11(24)9-16(18)23/h1-9,24-25H,(H,26,27,28). The van der Waals surface area contributed by atoms with Gasteiger partial charge in [-0.2, -0.15) is 8.42 Å². The van der Waals surface area contributed by atoms with Crippen LogP contribution >= 0.6 is 46.4 Å². The number of hydrogen-bond donors (Lipinski definition) is 3. The van der Waals surface area contributed by atoms with Crippen LogP contribution in [0.4, 0.5) is 0 Å². The molecule has 29 heavy (non-hydrogen) atoms. The molecule has 0 aromatic heterocycles. The van der Waals surface area contributed by atoms with E-state index in [9.17, 15) is 23.2 Å². The second-order valence-electron chi connectivity index (χ2n) is 6.08. The Balaban J connectivity index is 2.66. The molecule has 0 saturated heterocycles. The van der Waals surface area contributed by atoms with E-state index in [0.29, 0.717) is 0 Å². The third kappa shape index (κ3) is 3.65. The minimum atomic E-state index is -5.14. The monoisotopic (exact) mass is 492 g/mol. The topological polar surface area (TPSA) is 94.8 Å². The molecule has 0 aliphatic rings. The molecule has 0 fully saturated rings. The first-order chi connectivity index (χ1) is 13.5. The molecule has 0 saturated carbocycles. The molecular weight excluding hydrogens is 482 g/mol. The molecule has 0 aliphatic carbocycles. The Morgan fingerprint density at radius 3 is 1.86 bits per heavy atom. The van der Waals surface area contributed by atoms with Crippen LogP contribution in [0.15, 0.2) is 54.6 Å². The Bertz CT molecular complexity index is 1190. The number of hydrogen-bond acceptors (Lipinski definition) is 4. The number of rotatable bonds is 4. The normalized spacial score (nSPS) is 13.8. The molecule has 1 unspecified atom stereocenters. The van der Waals surface area contributed by atoms with Crippen molar-refractivity contribution in [3.8, 4) is 11.5 Å². The minimum Gasteiger partial charge on any atom is -0.508 e. The fraction of sp³-hybridized carbons (Fsp3) is 0.0526. The summed E-state index contributed by atoms with van der Waals surface area (Å²) < 4.78 is 34.0. The van der Waals surface area contributed by atoms with Gasteiger partial charge in [-0.25, -0.2) is 0 Å². The third-order valence-corrected chi connectivity index (χ3v) is 6.94. The first kappa shape index (κ1) is 22.0. The van der Waals surface area contributed by atoms with E-state index < -0.39 is 20.6 Å². The van der Waals surface area contributed by atoms with Crippen molar-refractivity contribution < 1.29 is 23.2 Å². The average molecular weight is 494 g/mol. The van der Waals surface area contributed by atoms with Crippen LogP contribution in [-0.2, 0) is 14.9 Å². The predicted octanol–water partition coefficient (Wildman–Crippen LogP) is 5.89. The molecule has 3 rings (SSSR count). The van der Waals surface area contributed by atoms with Crippen molar-refractivity contribution in [1.29, 1.82) is 0 Å². The number of phenolic OH excluding ortho intramolecular Hbond substituents is 2. The average Bonchev–Trinajstić information content (AvgIpc) is 2.58. The first-order valence-electron chi connectivity index (χ1n) is 7.89. The van der Waals surface area contributed by atoms with Crippen LogP contribution in [-0.4, -0.2) is 23.2 Å². The smallest absolute Gasteiger partial charge is 0.283 e. The van der Waals surface area contributed by atoms with Gasteiger partial charge in [-0.05, 0) is 30.3 Å². The summed E-state index contributed by atoms with van der Waals surface area (Å²) in [4.78, 5) is 0. The lowest BCUT2D eigenvalue weighted by molar-refractivity contribution is 0.440. The molecule has 0 amide bonds. The lowest BCUT2D eigenvalue weighted by Gasteiger charge is -2.34. The summed E-state index contributed by atoms with van der Waals surface area (Å²) in [6.07, 6.45) is 0. The largest absolute Gasteiger partial charge is 0.508 e. The van der Waals surface area contributed by atoms with Crippen molar-refractivity contribution in [2.24, 2.45) is 0 Å². The van der Waals surface area contributed by atoms with E-state index in [-0.39, 0.29) is 42.5 Å². The predicted molar refractivity (Wildman–Crippen MR) is 114 cm³/mol. The maximum absolute atomic E-state index is 13.0. The molecule has 0 bridgehead atoms. The Kier molecular flexibility index (Phi) is 5.98. The van der Waals surface area contributed by atoms with E-state index in [1.807, 2.05) is 0 Å². The number of benzene rings is 3. The maximum Gasteiger partial charge on any atom is 0.283 e. The first-order valence-corrected chi connectivity index (χ1v) is 10.8. The fourth-order valence-electron chi connectivity index (χ4n) is 3.27. The van der Waals surface area contributed by atoms with Crippen LogP contribution in [0, 0.1) is 0 Å². The zero-order chi connectivity index (χ0) is 21.6. The molecule has 0 spiro atoms. The Labute approximate surface area is 186 Å². The molecule has 0 heterocycles. The third-order valence-electron chi connectivity index (χ3n) is 4.36. The van der Waals surface area contributed by atoms with Gasteiger partial charge >= 0.3 is 0 Å². The zero-order valence-electron chi connectivity index (χ0n) is 14.3. The Morgan fingerprint density at radius 2 is 1.34 bits per heavy atom. The molecule has 0 radical (unpaired) electrons. The van der Waals surface area contributed by atoms with Crippen molar-refractivity contribution >= 4 is 56.5 Å². The molecule has 0 aliphatic heterocycles. The van der Waals surface area contributed by atoms with Gasteiger partial charge in [0.1, 0.15) is 11.5 Å². The van der Waals surface area contributed by atoms with Crippen LogP contribution in [0.1, 0.15) is 16.7 Å². The summed E-state index contributed by atoms with van der Waals surface area (Å²) >= 11 is 24.8. The van der Waals surface area contributed by atoms with E-state index in [2.05, 4.69) is 0 Å². The van der Waals surface area contributed by atoms with Crippen molar-refractivity contribution in [2.75, 3.05) is 0 Å². The van der Waals surface area contributed by atoms with Crippen molar-refractivity contribution in [3.63, 3.8) is 0 Å². The van der Waals surface area contributed by atoms with Crippen LogP contribution in [0.25, 0.3) is 0 Å². The van der Waals surface area contributed by atoms with Gasteiger partial charge in [0.15, 0.2) is 4.75 Å². The van der Waals surface area contributed by atoms with Gasteiger partial charge in [-0.15, -0.1) is 0 Å². The number of phenols is 2. The highest BCUT2D eigenvalue weighted by Gasteiger charge is 2.53. The van der Waals surface area contributed by atoms with Crippen LogP contribution in [0.3, 0.4) is 0 Å². The second kappa shape index (κ2) is 7.87. The van der Waals surface area contributed by atoms with Crippen molar-refractivity contribution in [2.45, 2.75) is 4.75 Å². The summed E-state index contributed by atoms with van der Waals surface area (Å²) in [5.74, 6) is -0.872. The number of aromatic hydroxyl groups is 2. The van der Waals surface area contributed by atoms with Gasteiger partial charge < -0.3 is 10.2 Å². The zero-order valence-corrected chi connectivity index (χ0v) is 18.1. The summed E-state index contributed by atoms with van der Waals surface area (Å²) in [7, 11) is -5.14. The summed E-state index contributed by atoms with van der Waals surface area (Å²) in [5, 5.41) is 19.9. The van der Waals surface area contributed by atoms with Crippen LogP contribution in [0.5, 0.6) is 11.5 Å². The molecule has 152 valence electrons. The van der Waals surface area contributed by atoms with Gasteiger partial charge in [-0.1, -0.05) is 70.7 Å². The van der Waals surface area contributed by atoms with E-state index >= 15 is 0 Å². The fourth-order valence-corrected chi connectivity index (χ4v) is 6.02. The van der Waals surface area contributed by atoms with Gasteiger partial charge in [0.05, 0.1) is 10.0 Å². The quantitative estimate of drug-likeness (QED) is 0.311. The number of halogens is 4. The highest BCUT2D eigenvalue weighted by molar-refractivity contribution is 7.87. The van der Waals surface area contributed by atoms with E-state index in [0.717, 1.165) is 18.2 Å². The summed E-state index contributed by atoms with van der Waals surface area (Å²) in [6, 6.07) is 11.6. The van der Waals surface area contributed by atoms with E-state index in [4.69, 9.17) is 46.4 Å². The molecule has 3 aromatic carbocycles. The van der Waals surface area contributed by atoms with E-state index in [1.165, 1.54) is 30.3 Å². The lowest BCUT2D eigenvalue weighted by atomic mass is 9.83. The molecule has 5 nitrogen and oxygen atoms in total. The second-order valence-corrected chi connectivity index (χ2v) is 9.30. The maximum atomic E-state index is 13.0. The van der Waals surface area contributed by atoms with Gasteiger partial charge in [0.2, 0.25) is 0 Å². The van der Waals surface area contributed by atoms with E-state index in [1.54, 1.807) is 6.07 Å². The van der Waals surface area contributed by atoms with Crippen LogP contribution < -0.4 is 0 Å². The molecular formula is C19H12Cl4O5S. The summed E-state index contributed by atoms with van der Waals surface area (Å²) in [5.41, 5.74) is -0.699. The summed E-state index contributed by atoms with van der Waals surface area (Å²) in [6.45, 7) is 0. The van der Waals surface area contributed by atoms with Gasteiger partial charge in [-0.3, -0.25) is 4.55 Å². The Morgan fingerprint density at radius 1 is 0.759 bits per heavy atom. The molecule has 10 heteroatoms. The van der Waals surface area contributed by atoms with Gasteiger partial charge in [0.25, 0.3) is 10.1 Å². The van der Waals surface area contributed by atoms with Crippen LogP contribution in [0.2, 0.25) is 20.1 Å². The van der Waals surface area contributed by atoms with Crippen molar-refractivity contribution in [3.05, 3.63) is 91.4 Å². The molecule has 1 atom stereocenters. The lowest BCUT2D eigenvalue weighted by Crippen LogP contribution is -2.39. The highest BCUT2D eigenvalue weighted by atomic mass is 35.5. The Hall–Kier alpha value is -1.67. The van der Waals surface area contributed by atoms with Gasteiger partial charge in [0, 0.05) is 26.7 Å².